The van der Waals surface area contributed by atoms with Crippen molar-refractivity contribution < 1.29 is 9.84 Å². The lowest BCUT2D eigenvalue weighted by Gasteiger charge is -2.47. The molecule has 0 aromatic heterocycles. The maximum Gasteiger partial charge on any atom is 0.0959 e. The Kier molecular flexibility index (Phi) is 4.36. The average molecular weight is 265 g/mol. The number of aliphatic hydroxyl groups is 1. The molecule has 2 rings (SSSR count). The van der Waals surface area contributed by atoms with Gasteiger partial charge in [-0.15, -0.1) is 0 Å². The Morgan fingerprint density at radius 2 is 2.21 bits per heavy atom. The predicted molar refractivity (Wildman–Crippen MR) is 78.1 cm³/mol. The molecule has 1 heterocycles. The van der Waals surface area contributed by atoms with Crippen LogP contribution in [-0.4, -0.2) is 43.9 Å². The Hall–Kier alpha value is -0.800. The third kappa shape index (κ3) is 2.87. The summed E-state index contributed by atoms with van der Waals surface area (Å²) < 4.78 is 5.68. The van der Waals surface area contributed by atoms with Gasteiger partial charge in [-0.25, -0.2) is 0 Å². The number of aliphatic hydroxyl groups excluding tert-OH is 1. The predicted octanol–water partition coefficient (Wildman–Crippen LogP) is 2.85. The van der Waals surface area contributed by atoms with Crippen molar-refractivity contribution in [2.24, 2.45) is 23.2 Å². The Bertz CT molecular complexity index is 375. The van der Waals surface area contributed by atoms with Crippen molar-refractivity contribution in [2.45, 2.75) is 20.3 Å². The first-order chi connectivity index (χ1) is 8.95. The topological polar surface area (TPSA) is 32.7 Å². The first kappa shape index (κ1) is 14.6. The van der Waals surface area contributed by atoms with Gasteiger partial charge in [0.05, 0.1) is 12.4 Å². The van der Waals surface area contributed by atoms with Crippen LogP contribution in [0.3, 0.4) is 0 Å². The van der Waals surface area contributed by atoms with Gasteiger partial charge in [-0.05, 0) is 43.8 Å². The maximum absolute atomic E-state index is 10.1. The molecule has 4 atom stereocenters. The fourth-order valence-electron chi connectivity index (χ4n) is 3.67. The van der Waals surface area contributed by atoms with Crippen LogP contribution in [-0.2, 0) is 4.74 Å². The summed E-state index contributed by atoms with van der Waals surface area (Å²) >= 11 is 0. The lowest BCUT2D eigenvalue weighted by atomic mass is 9.60. The molecule has 1 aliphatic carbocycles. The van der Waals surface area contributed by atoms with Crippen molar-refractivity contribution in [1.29, 1.82) is 0 Å². The van der Waals surface area contributed by atoms with Crippen LogP contribution >= 0.6 is 0 Å². The lowest BCUT2D eigenvalue weighted by Crippen LogP contribution is -2.46. The summed E-state index contributed by atoms with van der Waals surface area (Å²) in [5.74, 6) is 1.79. The Labute approximate surface area is 116 Å². The number of ether oxygens (including phenoxy) is 1. The minimum Gasteiger partial charge on any atom is -0.512 e. The average Bonchev–Trinajstić information content (AvgIpc) is 2.36. The second-order valence-corrected chi connectivity index (χ2v) is 6.53. The summed E-state index contributed by atoms with van der Waals surface area (Å²) in [6.07, 6.45) is 7.21. The smallest absolute Gasteiger partial charge is 0.0959 e. The van der Waals surface area contributed by atoms with E-state index in [1.165, 1.54) is 0 Å². The molecular weight excluding hydrogens is 238 g/mol. The van der Waals surface area contributed by atoms with E-state index in [4.69, 9.17) is 4.74 Å². The van der Waals surface area contributed by atoms with E-state index in [1.807, 2.05) is 12.2 Å². The van der Waals surface area contributed by atoms with Gasteiger partial charge in [0.2, 0.25) is 0 Å². The van der Waals surface area contributed by atoms with Gasteiger partial charge in [0.1, 0.15) is 0 Å². The van der Waals surface area contributed by atoms with Crippen LogP contribution in [0.4, 0.5) is 0 Å². The summed E-state index contributed by atoms with van der Waals surface area (Å²) in [5, 5.41) is 10.1. The third-order valence-corrected chi connectivity index (χ3v) is 4.97. The highest BCUT2D eigenvalue weighted by Crippen LogP contribution is 2.48. The zero-order chi connectivity index (χ0) is 14.0. The molecule has 3 nitrogen and oxygen atoms in total. The van der Waals surface area contributed by atoms with E-state index < -0.39 is 0 Å². The van der Waals surface area contributed by atoms with E-state index in [1.54, 1.807) is 0 Å². The van der Waals surface area contributed by atoms with E-state index in [0.717, 1.165) is 26.2 Å². The highest BCUT2D eigenvalue weighted by atomic mass is 16.5. The van der Waals surface area contributed by atoms with Gasteiger partial charge < -0.3 is 14.7 Å². The molecule has 19 heavy (non-hydrogen) atoms. The normalized spacial score (nSPS) is 39.4. The number of rotatable bonds is 3. The second kappa shape index (κ2) is 5.68. The molecule has 0 aromatic rings. The van der Waals surface area contributed by atoms with Crippen molar-refractivity contribution in [3.63, 3.8) is 0 Å². The Balaban J connectivity index is 2.21. The highest BCUT2D eigenvalue weighted by molar-refractivity contribution is 5.23. The largest absolute Gasteiger partial charge is 0.512 e. The highest BCUT2D eigenvalue weighted by Gasteiger charge is 2.44. The van der Waals surface area contributed by atoms with Crippen LogP contribution in [0, 0.1) is 23.2 Å². The summed E-state index contributed by atoms with van der Waals surface area (Å²) in [6.45, 7) is 7.15. The third-order valence-electron chi connectivity index (χ3n) is 4.97. The molecule has 108 valence electrons. The fourth-order valence-corrected chi connectivity index (χ4v) is 3.67. The first-order valence-electron chi connectivity index (χ1n) is 7.26. The Morgan fingerprint density at radius 1 is 1.47 bits per heavy atom. The zero-order valence-corrected chi connectivity index (χ0v) is 12.6. The van der Waals surface area contributed by atoms with Gasteiger partial charge in [-0.3, -0.25) is 0 Å². The van der Waals surface area contributed by atoms with E-state index in [0.29, 0.717) is 17.6 Å². The lowest BCUT2D eigenvalue weighted by molar-refractivity contribution is -0.0422. The number of allylic oxidation sites excluding steroid dienone is 4. The van der Waals surface area contributed by atoms with Gasteiger partial charge in [0.15, 0.2) is 0 Å². The number of nitrogens with zero attached hydrogens (tertiary/aromatic N) is 1. The fraction of sp³-hybridized carbons (Fsp3) is 0.750. The first-order valence-corrected chi connectivity index (χ1v) is 7.26. The van der Waals surface area contributed by atoms with Gasteiger partial charge in [0, 0.05) is 19.1 Å². The second-order valence-electron chi connectivity index (χ2n) is 6.53. The van der Waals surface area contributed by atoms with Gasteiger partial charge in [-0.1, -0.05) is 26.0 Å². The molecule has 2 aliphatic rings. The van der Waals surface area contributed by atoms with Gasteiger partial charge in [0.25, 0.3) is 0 Å². The molecule has 3 heteroatoms. The minimum atomic E-state index is 0.0310. The van der Waals surface area contributed by atoms with E-state index >= 15 is 0 Å². The molecule has 0 spiro atoms. The van der Waals surface area contributed by atoms with Crippen LogP contribution in [0.25, 0.3) is 0 Å². The molecule has 0 aromatic carbocycles. The summed E-state index contributed by atoms with van der Waals surface area (Å²) in [6, 6.07) is 0. The van der Waals surface area contributed by atoms with Crippen molar-refractivity contribution in [3.8, 4) is 0 Å². The monoisotopic (exact) mass is 265 g/mol. The van der Waals surface area contributed by atoms with Crippen LogP contribution < -0.4 is 0 Å². The summed E-state index contributed by atoms with van der Waals surface area (Å²) in [5.41, 5.74) is 0.0310. The van der Waals surface area contributed by atoms with E-state index in [-0.39, 0.29) is 11.3 Å². The molecule has 0 bridgehead atoms. The molecule has 0 amide bonds. The van der Waals surface area contributed by atoms with Crippen molar-refractivity contribution in [2.75, 3.05) is 33.9 Å². The molecular formula is C16H27NO2. The van der Waals surface area contributed by atoms with Gasteiger partial charge in [-0.2, -0.15) is 0 Å². The minimum absolute atomic E-state index is 0.0310. The SMILES string of the molecule is CC1C(O)=CC=CC1(C)[C@@H]1CCOC[C@H]1CN(C)C. The van der Waals surface area contributed by atoms with Gasteiger partial charge >= 0.3 is 0 Å². The van der Waals surface area contributed by atoms with E-state index in [9.17, 15) is 5.11 Å². The van der Waals surface area contributed by atoms with Crippen LogP contribution in [0.15, 0.2) is 24.0 Å². The number of hydrogen-bond acceptors (Lipinski definition) is 3. The summed E-state index contributed by atoms with van der Waals surface area (Å²) in [4.78, 5) is 2.24. The van der Waals surface area contributed by atoms with Crippen molar-refractivity contribution in [3.05, 3.63) is 24.0 Å². The van der Waals surface area contributed by atoms with Crippen LogP contribution in [0.1, 0.15) is 20.3 Å². The molecule has 1 aliphatic heterocycles. The molecule has 1 saturated heterocycles. The van der Waals surface area contributed by atoms with Crippen LogP contribution in [0.5, 0.6) is 0 Å². The molecule has 1 N–H and O–H groups in total. The standard InChI is InChI=1S/C16H27NO2/c1-12-15(18)6-5-8-16(12,2)14-7-9-19-11-13(14)10-17(3)4/h5-6,8,12-14,18H,7,9-11H2,1-4H3/t12?,13-,14-,16?/m1/s1. The van der Waals surface area contributed by atoms with Crippen LogP contribution in [0.2, 0.25) is 0 Å². The quantitative estimate of drug-likeness (QED) is 0.851. The number of hydrogen-bond donors (Lipinski definition) is 1. The molecule has 2 unspecified atom stereocenters. The summed E-state index contributed by atoms with van der Waals surface area (Å²) in [7, 11) is 4.23. The van der Waals surface area contributed by atoms with Crippen molar-refractivity contribution in [1.82, 2.24) is 4.90 Å². The van der Waals surface area contributed by atoms with Crippen molar-refractivity contribution >= 4 is 0 Å². The molecule has 0 saturated carbocycles. The Morgan fingerprint density at radius 3 is 2.89 bits per heavy atom. The van der Waals surface area contributed by atoms with E-state index in [2.05, 4.69) is 38.9 Å². The zero-order valence-electron chi connectivity index (χ0n) is 12.6. The molecule has 0 radical (unpaired) electrons. The maximum atomic E-state index is 10.1. The molecule has 1 fully saturated rings.